The summed E-state index contributed by atoms with van der Waals surface area (Å²) >= 11 is 0. The molecule has 0 radical (unpaired) electrons. The molecule has 4 rings (SSSR count). The number of nitrogens with two attached hydrogens (primary N) is 1. The van der Waals surface area contributed by atoms with E-state index in [0.29, 0.717) is 18.8 Å². The highest BCUT2D eigenvalue weighted by atomic mass is 16.5. The number of para-hydroxylation sites is 1. The minimum atomic E-state index is -0.603. The summed E-state index contributed by atoms with van der Waals surface area (Å²) in [5, 5.41) is 9.22. The molecule has 1 aromatic heterocycles. The molecule has 30 heavy (non-hydrogen) atoms. The Bertz CT molecular complexity index is 1070. The van der Waals surface area contributed by atoms with Gasteiger partial charge in [-0.3, -0.25) is 4.79 Å². The fourth-order valence-corrected chi connectivity index (χ4v) is 3.43. The summed E-state index contributed by atoms with van der Waals surface area (Å²) in [6.45, 7) is 2.54. The number of carbonyl (C=O) groups excluding carboxylic acids is 1. The van der Waals surface area contributed by atoms with Crippen molar-refractivity contribution in [2.24, 2.45) is 10.8 Å². The predicted octanol–water partition coefficient (Wildman–Crippen LogP) is 2.92. The molecule has 7 heteroatoms. The zero-order chi connectivity index (χ0) is 20.9. The fraction of sp³-hybridized carbons (Fsp3) is 0.174. The van der Waals surface area contributed by atoms with Crippen LogP contribution in [0.1, 0.15) is 12.5 Å². The molecule has 1 aliphatic rings. The Morgan fingerprint density at radius 1 is 1.13 bits per heavy atom. The van der Waals surface area contributed by atoms with Crippen molar-refractivity contribution in [3.05, 3.63) is 78.5 Å². The average molecular weight is 401 g/mol. The van der Waals surface area contributed by atoms with Gasteiger partial charge in [0, 0.05) is 18.2 Å². The van der Waals surface area contributed by atoms with Gasteiger partial charge in [-0.25, -0.2) is 9.99 Å². The minimum absolute atomic E-state index is 0.123. The topological polar surface area (TPSA) is 92.8 Å². The number of ether oxygens (including phenoxy) is 1. The highest BCUT2D eigenvalue weighted by molar-refractivity contribution is 6.38. The summed E-state index contributed by atoms with van der Waals surface area (Å²) in [4.78, 5) is 16.2. The van der Waals surface area contributed by atoms with Crippen molar-refractivity contribution in [1.82, 2.24) is 10.3 Å². The fourth-order valence-electron chi connectivity index (χ4n) is 3.43. The number of hydrogen-bond donors (Lipinski definition) is 2. The number of hydrazone groups is 1. The van der Waals surface area contributed by atoms with Crippen LogP contribution < -0.4 is 20.8 Å². The lowest BCUT2D eigenvalue weighted by atomic mass is 10.1. The number of nitrogens with zero attached hydrogens (tertiary/aromatic N) is 3. The maximum Gasteiger partial charge on any atom is 0.286 e. The number of rotatable bonds is 7. The van der Waals surface area contributed by atoms with E-state index in [2.05, 4.69) is 15.4 Å². The van der Waals surface area contributed by atoms with Crippen molar-refractivity contribution < 1.29 is 9.53 Å². The van der Waals surface area contributed by atoms with E-state index < -0.39 is 5.91 Å². The van der Waals surface area contributed by atoms with Crippen molar-refractivity contribution >= 4 is 17.6 Å². The second kappa shape index (κ2) is 8.65. The van der Waals surface area contributed by atoms with Gasteiger partial charge in [-0.15, -0.1) is 5.10 Å². The van der Waals surface area contributed by atoms with Gasteiger partial charge in [0.2, 0.25) is 5.84 Å². The average Bonchev–Trinajstić information content (AvgIpc) is 3.19. The Morgan fingerprint density at radius 2 is 1.90 bits per heavy atom. The number of anilines is 1. The standard InChI is InChI=1S/C23H23N5O2/c1-2-30-19-11-7-6-10-18(19)17-12-13-25-20(15-17)28-21(26-23(27-28)22(24)29)14-16-8-4-3-5-9-16/h3-13,15,21H,2,14H2,1H3,(H2,24,29)(H,26,27). The molecule has 1 atom stereocenters. The Morgan fingerprint density at radius 3 is 2.67 bits per heavy atom. The first-order valence-corrected chi connectivity index (χ1v) is 9.82. The Kier molecular flexibility index (Phi) is 5.61. The van der Waals surface area contributed by atoms with E-state index in [4.69, 9.17) is 10.5 Å². The molecule has 0 saturated carbocycles. The van der Waals surface area contributed by atoms with E-state index in [-0.39, 0.29) is 12.0 Å². The summed E-state index contributed by atoms with van der Waals surface area (Å²) in [5.74, 6) is 0.939. The van der Waals surface area contributed by atoms with Crippen molar-refractivity contribution in [1.29, 1.82) is 0 Å². The second-order valence-electron chi connectivity index (χ2n) is 6.84. The molecule has 1 unspecified atom stereocenters. The molecule has 0 spiro atoms. The zero-order valence-electron chi connectivity index (χ0n) is 16.7. The molecule has 1 amide bonds. The molecular weight excluding hydrogens is 378 g/mol. The summed E-state index contributed by atoms with van der Waals surface area (Å²) in [6.07, 6.45) is 2.08. The molecule has 2 heterocycles. The number of benzene rings is 2. The monoisotopic (exact) mass is 401 g/mol. The minimum Gasteiger partial charge on any atom is -0.493 e. The third kappa shape index (κ3) is 4.10. The second-order valence-corrected chi connectivity index (χ2v) is 6.84. The van der Waals surface area contributed by atoms with Crippen LogP contribution in [0.4, 0.5) is 5.82 Å². The summed E-state index contributed by atoms with van der Waals surface area (Å²) in [6, 6.07) is 21.7. The molecule has 152 valence electrons. The summed E-state index contributed by atoms with van der Waals surface area (Å²) in [5.41, 5.74) is 8.50. The van der Waals surface area contributed by atoms with E-state index in [0.717, 1.165) is 22.4 Å². The van der Waals surface area contributed by atoms with Gasteiger partial charge >= 0.3 is 0 Å². The van der Waals surface area contributed by atoms with Gasteiger partial charge in [0.05, 0.1) is 6.61 Å². The van der Waals surface area contributed by atoms with Gasteiger partial charge in [0.25, 0.3) is 5.91 Å². The van der Waals surface area contributed by atoms with Gasteiger partial charge in [0.15, 0.2) is 5.82 Å². The Hall–Kier alpha value is -3.87. The lowest BCUT2D eigenvalue weighted by Crippen LogP contribution is -2.43. The van der Waals surface area contributed by atoms with Gasteiger partial charge in [-0.2, -0.15) is 0 Å². The molecule has 0 saturated heterocycles. The maximum absolute atomic E-state index is 11.7. The van der Waals surface area contributed by atoms with E-state index >= 15 is 0 Å². The smallest absolute Gasteiger partial charge is 0.286 e. The van der Waals surface area contributed by atoms with Gasteiger partial charge in [-0.05, 0) is 36.2 Å². The SMILES string of the molecule is CCOc1ccccc1-c1ccnc(N2N=C(C(N)=O)NC2Cc2ccccc2)c1. The van der Waals surface area contributed by atoms with Crippen molar-refractivity contribution in [3.63, 3.8) is 0 Å². The Balaban J connectivity index is 1.69. The first kappa shape index (κ1) is 19.4. The van der Waals surface area contributed by atoms with Crippen LogP contribution in [0.2, 0.25) is 0 Å². The molecule has 3 N–H and O–H groups in total. The van der Waals surface area contributed by atoms with Gasteiger partial charge < -0.3 is 15.8 Å². The molecule has 0 aliphatic carbocycles. The number of amides is 1. The van der Waals surface area contributed by atoms with Gasteiger partial charge in [0.1, 0.15) is 11.9 Å². The van der Waals surface area contributed by atoms with Crippen LogP contribution in [-0.2, 0) is 11.2 Å². The van der Waals surface area contributed by atoms with Crippen LogP contribution in [0.3, 0.4) is 0 Å². The van der Waals surface area contributed by atoms with Crippen LogP contribution in [0, 0.1) is 0 Å². The number of nitrogens with one attached hydrogen (secondary N) is 1. The Labute approximate surface area is 175 Å². The van der Waals surface area contributed by atoms with Crippen LogP contribution in [-0.4, -0.2) is 29.5 Å². The zero-order valence-corrected chi connectivity index (χ0v) is 16.7. The van der Waals surface area contributed by atoms with Crippen LogP contribution in [0.15, 0.2) is 78.0 Å². The van der Waals surface area contributed by atoms with Crippen LogP contribution >= 0.6 is 0 Å². The first-order valence-electron chi connectivity index (χ1n) is 9.82. The van der Waals surface area contributed by atoms with E-state index in [9.17, 15) is 4.79 Å². The lowest BCUT2D eigenvalue weighted by Gasteiger charge is -2.23. The van der Waals surface area contributed by atoms with Gasteiger partial charge in [-0.1, -0.05) is 48.5 Å². The van der Waals surface area contributed by atoms with Crippen molar-refractivity contribution in [2.75, 3.05) is 11.6 Å². The normalized spacial score (nSPS) is 15.4. The van der Waals surface area contributed by atoms with Crippen LogP contribution in [0.5, 0.6) is 5.75 Å². The third-order valence-corrected chi connectivity index (χ3v) is 4.79. The van der Waals surface area contributed by atoms with Crippen LogP contribution in [0.25, 0.3) is 11.1 Å². The van der Waals surface area contributed by atoms with E-state index in [1.54, 1.807) is 11.2 Å². The number of aromatic nitrogens is 1. The number of hydrogen-bond acceptors (Lipinski definition) is 6. The quantitative estimate of drug-likeness (QED) is 0.635. The molecule has 0 fully saturated rings. The highest BCUT2D eigenvalue weighted by Crippen LogP contribution is 2.32. The van der Waals surface area contributed by atoms with E-state index in [1.807, 2.05) is 73.7 Å². The molecular formula is C23H23N5O2. The molecule has 1 aliphatic heterocycles. The molecule has 0 bridgehead atoms. The summed E-state index contributed by atoms with van der Waals surface area (Å²) < 4.78 is 5.77. The summed E-state index contributed by atoms with van der Waals surface area (Å²) in [7, 11) is 0. The molecule has 2 aromatic carbocycles. The predicted molar refractivity (Wildman–Crippen MR) is 117 cm³/mol. The number of carbonyl (C=O) groups is 1. The van der Waals surface area contributed by atoms with E-state index in [1.165, 1.54) is 0 Å². The van der Waals surface area contributed by atoms with Crippen molar-refractivity contribution in [3.8, 4) is 16.9 Å². The largest absolute Gasteiger partial charge is 0.493 e. The highest BCUT2D eigenvalue weighted by Gasteiger charge is 2.30. The molecule has 7 nitrogen and oxygen atoms in total. The number of amidine groups is 1. The number of primary amides is 1. The molecule has 3 aromatic rings. The third-order valence-electron chi connectivity index (χ3n) is 4.79. The lowest BCUT2D eigenvalue weighted by molar-refractivity contribution is -0.112. The number of pyridine rings is 1. The first-order chi connectivity index (χ1) is 14.7. The maximum atomic E-state index is 11.7. The van der Waals surface area contributed by atoms with Crippen molar-refractivity contribution in [2.45, 2.75) is 19.5 Å².